The first-order valence-electron chi connectivity index (χ1n) is 5.59. The minimum absolute atomic E-state index is 0.0517. The standard InChI is InChI=1S/C12H19NO3S/c1-4-10(8-17-3)13(2)7-9-5-6-16-11(9)12(14)15/h5-6,10H,4,7-8H2,1-3H3,(H,14,15). The Bertz CT molecular complexity index is 364. The molecule has 1 aromatic rings. The van der Waals surface area contributed by atoms with Crippen molar-refractivity contribution >= 4 is 17.7 Å². The van der Waals surface area contributed by atoms with Crippen LogP contribution in [0.15, 0.2) is 16.7 Å². The third kappa shape index (κ3) is 3.78. The Balaban J connectivity index is 2.69. The van der Waals surface area contributed by atoms with Crippen molar-refractivity contribution in [2.75, 3.05) is 19.1 Å². The highest BCUT2D eigenvalue weighted by Gasteiger charge is 2.18. The highest BCUT2D eigenvalue weighted by atomic mass is 32.2. The number of nitrogens with zero attached hydrogens (tertiary/aromatic N) is 1. The third-order valence-electron chi connectivity index (χ3n) is 2.81. The van der Waals surface area contributed by atoms with Crippen molar-refractivity contribution < 1.29 is 14.3 Å². The largest absolute Gasteiger partial charge is 0.475 e. The molecule has 0 aliphatic heterocycles. The summed E-state index contributed by atoms with van der Waals surface area (Å²) in [4.78, 5) is 13.1. The summed E-state index contributed by atoms with van der Waals surface area (Å²) in [5, 5.41) is 8.95. The highest BCUT2D eigenvalue weighted by molar-refractivity contribution is 7.98. The monoisotopic (exact) mass is 257 g/mol. The number of hydrogen-bond acceptors (Lipinski definition) is 4. The summed E-state index contributed by atoms with van der Waals surface area (Å²) in [5.74, 6) is 0.0972. The first kappa shape index (κ1) is 14.1. The molecule has 5 heteroatoms. The van der Waals surface area contributed by atoms with Crippen molar-refractivity contribution in [3.63, 3.8) is 0 Å². The molecule has 1 atom stereocenters. The van der Waals surface area contributed by atoms with Crippen LogP contribution >= 0.6 is 11.8 Å². The Kier molecular flexibility index (Phi) is 5.58. The predicted molar refractivity (Wildman–Crippen MR) is 69.6 cm³/mol. The van der Waals surface area contributed by atoms with Crippen LogP contribution in [0.1, 0.15) is 29.5 Å². The van der Waals surface area contributed by atoms with E-state index in [0.717, 1.165) is 17.7 Å². The molecule has 1 N–H and O–H groups in total. The number of hydrogen-bond donors (Lipinski definition) is 1. The van der Waals surface area contributed by atoms with Gasteiger partial charge in [-0.25, -0.2) is 4.79 Å². The SMILES string of the molecule is CCC(CSC)N(C)Cc1ccoc1C(=O)O. The van der Waals surface area contributed by atoms with Crippen LogP contribution in [0.2, 0.25) is 0 Å². The molecule has 1 heterocycles. The molecule has 1 rings (SSSR count). The van der Waals surface area contributed by atoms with Crippen LogP contribution in [0, 0.1) is 0 Å². The number of furan rings is 1. The molecule has 96 valence electrons. The van der Waals surface area contributed by atoms with Crippen LogP contribution < -0.4 is 0 Å². The molecule has 4 nitrogen and oxygen atoms in total. The lowest BCUT2D eigenvalue weighted by molar-refractivity contribution is 0.0659. The second kappa shape index (κ2) is 6.71. The second-order valence-corrected chi connectivity index (χ2v) is 4.92. The fourth-order valence-electron chi connectivity index (χ4n) is 1.79. The maximum Gasteiger partial charge on any atom is 0.372 e. The molecule has 0 saturated heterocycles. The van der Waals surface area contributed by atoms with Crippen LogP contribution in [-0.2, 0) is 6.54 Å². The molecule has 0 radical (unpaired) electrons. The van der Waals surface area contributed by atoms with Gasteiger partial charge >= 0.3 is 5.97 Å². The number of aromatic carboxylic acids is 1. The van der Waals surface area contributed by atoms with Gasteiger partial charge in [0.1, 0.15) is 0 Å². The van der Waals surface area contributed by atoms with Crippen LogP contribution in [0.25, 0.3) is 0 Å². The maximum atomic E-state index is 10.9. The molecule has 1 aromatic heterocycles. The van der Waals surface area contributed by atoms with Gasteiger partial charge in [-0.05, 0) is 25.8 Å². The average molecular weight is 257 g/mol. The van der Waals surface area contributed by atoms with E-state index in [4.69, 9.17) is 9.52 Å². The zero-order valence-electron chi connectivity index (χ0n) is 10.5. The van der Waals surface area contributed by atoms with Gasteiger partial charge in [0.15, 0.2) is 0 Å². The zero-order chi connectivity index (χ0) is 12.8. The molecule has 1 unspecified atom stereocenters. The van der Waals surface area contributed by atoms with E-state index in [9.17, 15) is 4.79 Å². The lowest BCUT2D eigenvalue weighted by atomic mass is 10.2. The lowest BCUT2D eigenvalue weighted by Gasteiger charge is -2.26. The van der Waals surface area contributed by atoms with Crippen LogP contribution in [0.5, 0.6) is 0 Å². The van der Waals surface area contributed by atoms with Crippen LogP contribution in [0.3, 0.4) is 0 Å². The van der Waals surface area contributed by atoms with E-state index in [-0.39, 0.29) is 5.76 Å². The summed E-state index contributed by atoms with van der Waals surface area (Å²) in [6, 6.07) is 2.19. The Morgan fingerprint density at radius 3 is 2.88 bits per heavy atom. The smallest absolute Gasteiger partial charge is 0.372 e. The molecular weight excluding hydrogens is 238 g/mol. The Labute approximate surface area is 106 Å². The summed E-state index contributed by atoms with van der Waals surface area (Å²) >= 11 is 1.80. The van der Waals surface area contributed by atoms with Crippen molar-refractivity contribution in [1.82, 2.24) is 4.90 Å². The quantitative estimate of drug-likeness (QED) is 0.813. The summed E-state index contributed by atoms with van der Waals surface area (Å²) in [7, 11) is 2.02. The van der Waals surface area contributed by atoms with E-state index in [1.165, 1.54) is 6.26 Å². The van der Waals surface area contributed by atoms with Gasteiger partial charge in [-0.15, -0.1) is 0 Å². The van der Waals surface area contributed by atoms with Gasteiger partial charge in [0.2, 0.25) is 5.76 Å². The van der Waals surface area contributed by atoms with Gasteiger partial charge in [0.25, 0.3) is 0 Å². The summed E-state index contributed by atoms with van der Waals surface area (Å²) < 4.78 is 4.97. The minimum Gasteiger partial charge on any atom is -0.475 e. The van der Waals surface area contributed by atoms with Gasteiger partial charge in [-0.3, -0.25) is 4.90 Å². The topological polar surface area (TPSA) is 53.7 Å². The molecule has 0 amide bonds. The molecule has 0 aromatic carbocycles. The molecule has 0 aliphatic rings. The Morgan fingerprint density at radius 1 is 1.65 bits per heavy atom. The van der Waals surface area contributed by atoms with E-state index in [1.54, 1.807) is 17.8 Å². The fraction of sp³-hybridized carbons (Fsp3) is 0.583. The van der Waals surface area contributed by atoms with Crippen LogP contribution in [-0.4, -0.2) is 41.1 Å². The van der Waals surface area contributed by atoms with E-state index < -0.39 is 5.97 Å². The van der Waals surface area contributed by atoms with Gasteiger partial charge in [-0.2, -0.15) is 11.8 Å². The predicted octanol–water partition coefficient (Wildman–Crippen LogP) is 2.55. The minimum atomic E-state index is -1.00. The Hall–Kier alpha value is -0.940. The Morgan fingerprint density at radius 2 is 2.35 bits per heavy atom. The lowest BCUT2D eigenvalue weighted by Crippen LogP contribution is -2.32. The van der Waals surface area contributed by atoms with Crippen LogP contribution in [0.4, 0.5) is 0 Å². The first-order chi connectivity index (χ1) is 8.10. The summed E-state index contributed by atoms with van der Waals surface area (Å²) in [5.41, 5.74) is 0.736. The van der Waals surface area contributed by atoms with Crippen molar-refractivity contribution in [1.29, 1.82) is 0 Å². The number of thioether (sulfide) groups is 1. The number of carboxylic acids is 1. The van der Waals surface area contributed by atoms with Gasteiger partial charge in [-0.1, -0.05) is 6.92 Å². The van der Waals surface area contributed by atoms with E-state index in [1.807, 2.05) is 7.05 Å². The molecule has 17 heavy (non-hydrogen) atoms. The number of rotatable bonds is 7. The molecule has 0 bridgehead atoms. The highest BCUT2D eigenvalue weighted by Crippen LogP contribution is 2.16. The van der Waals surface area contributed by atoms with E-state index >= 15 is 0 Å². The molecule has 0 fully saturated rings. The van der Waals surface area contributed by atoms with Gasteiger partial charge < -0.3 is 9.52 Å². The fourth-order valence-corrected chi connectivity index (χ4v) is 2.67. The third-order valence-corrected chi connectivity index (χ3v) is 3.53. The molecule has 0 aliphatic carbocycles. The van der Waals surface area contributed by atoms with Crippen molar-refractivity contribution in [2.24, 2.45) is 0 Å². The molecular formula is C12H19NO3S. The van der Waals surface area contributed by atoms with Crippen molar-refractivity contribution in [3.8, 4) is 0 Å². The molecule has 0 spiro atoms. The first-order valence-corrected chi connectivity index (χ1v) is 6.98. The zero-order valence-corrected chi connectivity index (χ0v) is 11.3. The van der Waals surface area contributed by atoms with Crippen molar-refractivity contribution in [2.45, 2.75) is 25.9 Å². The van der Waals surface area contributed by atoms with Gasteiger partial charge in [0.05, 0.1) is 6.26 Å². The number of carboxylic acid groups (broad SMARTS) is 1. The maximum absolute atomic E-state index is 10.9. The van der Waals surface area contributed by atoms with Gasteiger partial charge in [0, 0.05) is 23.9 Å². The number of carbonyl (C=O) groups is 1. The van der Waals surface area contributed by atoms with E-state index in [0.29, 0.717) is 12.6 Å². The van der Waals surface area contributed by atoms with E-state index in [2.05, 4.69) is 18.1 Å². The summed E-state index contributed by atoms with van der Waals surface area (Å²) in [6.07, 6.45) is 4.57. The normalized spacial score (nSPS) is 12.9. The van der Waals surface area contributed by atoms with Crippen molar-refractivity contribution in [3.05, 3.63) is 23.7 Å². The average Bonchev–Trinajstić information content (AvgIpc) is 2.73. The summed E-state index contributed by atoms with van der Waals surface area (Å²) in [6.45, 7) is 2.75. The second-order valence-electron chi connectivity index (χ2n) is 4.01. The molecule has 0 saturated carbocycles.